The normalized spacial score (nSPS) is 11.3. The van der Waals surface area contributed by atoms with Gasteiger partial charge in [0.2, 0.25) is 5.91 Å². The number of amides is 1. The van der Waals surface area contributed by atoms with Crippen molar-refractivity contribution >= 4 is 11.7 Å². The predicted molar refractivity (Wildman–Crippen MR) is 77.2 cm³/mol. The van der Waals surface area contributed by atoms with Crippen LogP contribution >= 0.6 is 0 Å². The molecule has 1 amide bonds. The minimum atomic E-state index is -0.127. The molecule has 0 atom stereocenters. The zero-order valence-corrected chi connectivity index (χ0v) is 12.1. The fraction of sp³-hybridized carbons (Fsp3) is 0.375. The van der Waals surface area contributed by atoms with Crippen molar-refractivity contribution in [3.8, 4) is 0 Å². The molecule has 3 nitrogen and oxygen atoms in total. The molecule has 0 aliphatic rings. The Balaban J connectivity index is 2.86. The molecule has 0 radical (unpaired) electrons. The smallest absolute Gasteiger partial charge is 0.249 e. The molecule has 19 heavy (non-hydrogen) atoms. The number of carbonyl (C=O) groups excluding carboxylic acids is 2. The molecule has 1 aromatic rings. The van der Waals surface area contributed by atoms with E-state index in [9.17, 15) is 9.59 Å². The highest BCUT2D eigenvalue weighted by Crippen LogP contribution is 2.08. The van der Waals surface area contributed by atoms with Crippen LogP contribution in [0, 0.1) is 6.92 Å². The van der Waals surface area contributed by atoms with E-state index >= 15 is 0 Å². The molecule has 3 heteroatoms. The highest BCUT2D eigenvalue weighted by molar-refractivity contribution is 6.09. The average molecular weight is 259 g/mol. The van der Waals surface area contributed by atoms with Crippen molar-refractivity contribution in [3.63, 3.8) is 0 Å². The number of hydrogen-bond acceptors (Lipinski definition) is 2. The number of rotatable bonds is 5. The molecule has 1 rings (SSSR count). The summed E-state index contributed by atoms with van der Waals surface area (Å²) in [7, 11) is 0. The molecule has 0 heterocycles. The van der Waals surface area contributed by atoms with Gasteiger partial charge in [0, 0.05) is 24.2 Å². The molecular weight excluding hydrogens is 238 g/mol. The maximum atomic E-state index is 12.0. The van der Waals surface area contributed by atoms with Crippen LogP contribution in [0.2, 0.25) is 0 Å². The number of likely N-dealkylation sites (N-methyl/N-ethyl adjacent to an activating group) is 1. The minimum absolute atomic E-state index is 0.0783. The molecular formula is C16H21NO2. The molecule has 0 fully saturated rings. The summed E-state index contributed by atoms with van der Waals surface area (Å²) in [4.78, 5) is 25.8. The predicted octanol–water partition coefficient (Wildman–Crippen LogP) is 2.99. The van der Waals surface area contributed by atoms with Crippen LogP contribution in [0.15, 0.2) is 35.9 Å². The number of benzene rings is 1. The molecule has 1 aromatic carbocycles. The third-order valence-electron chi connectivity index (χ3n) is 3.07. The summed E-state index contributed by atoms with van der Waals surface area (Å²) < 4.78 is 0. The van der Waals surface area contributed by atoms with Crippen molar-refractivity contribution in [3.05, 3.63) is 47.0 Å². The van der Waals surface area contributed by atoms with Crippen LogP contribution in [0.1, 0.15) is 36.7 Å². The number of aryl methyl sites for hydroxylation is 1. The van der Waals surface area contributed by atoms with Crippen molar-refractivity contribution in [2.24, 2.45) is 0 Å². The molecule has 0 aliphatic heterocycles. The number of hydrogen-bond donors (Lipinski definition) is 0. The molecule has 0 bridgehead atoms. The van der Waals surface area contributed by atoms with Gasteiger partial charge in [-0.1, -0.05) is 29.8 Å². The van der Waals surface area contributed by atoms with E-state index in [1.165, 1.54) is 6.08 Å². The van der Waals surface area contributed by atoms with Gasteiger partial charge in [0.1, 0.15) is 0 Å². The van der Waals surface area contributed by atoms with Gasteiger partial charge in [-0.2, -0.15) is 0 Å². The van der Waals surface area contributed by atoms with Gasteiger partial charge in [-0.25, -0.2) is 0 Å². The lowest BCUT2D eigenvalue weighted by molar-refractivity contribution is -0.126. The van der Waals surface area contributed by atoms with Crippen LogP contribution < -0.4 is 0 Å². The average Bonchev–Trinajstić information content (AvgIpc) is 2.40. The lowest BCUT2D eigenvalue weighted by Crippen LogP contribution is -2.31. The Kier molecular flexibility index (Phi) is 5.49. The molecule has 0 aromatic heterocycles. The second-order valence-electron chi connectivity index (χ2n) is 4.54. The molecule has 0 spiro atoms. The van der Waals surface area contributed by atoms with Gasteiger partial charge in [-0.3, -0.25) is 9.59 Å². The van der Waals surface area contributed by atoms with E-state index in [4.69, 9.17) is 0 Å². The summed E-state index contributed by atoms with van der Waals surface area (Å²) in [6.45, 7) is 8.82. The summed E-state index contributed by atoms with van der Waals surface area (Å²) in [5.74, 6) is -0.205. The van der Waals surface area contributed by atoms with Crippen molar-refractivity contribution in [2.45, 2.75) is 27.7 Å². The van der Waals surface area contributed by atoms with E-state index in [0.29, 0.717) is 24.2 Å². The Labute approximate surface area is 114 Å². The van der Waals surface area contributed by atoms with Gasteiger partial charge in [0.25, 0.3) is 0 Å². The van der Waals surface area contributed by atoms with Gasteiger partial charge in [0.05, 0.1) is 0 Å². The van der Waals surface area contributed by atoms with Gasteiger partial charge in [-0.05, 0) is 33.8 Å². The largest absolute Gasteiger partial charge is 0.339 e. The molecule has 0 N–H and O–H groups in total. The molecule has 0 saturated carbocycles. The Bertz CT molecular complexity index is 482. The summed E-state index contributed by atoms with van der Waals surface area (Å²) in [6, 6.07) is 7.35. The standard InChI is InChI=1S/C16H21NO2/c1-5-17(6-2)16(19)13(4)11-15(18)14-9-7-12(3)8-10-14/h7-11H,5-6H2,1-4H3/b13-11+. The second kappa shape index (κ2) is 6.88. The Morgan fingerprint density at radius 2 is 1.63 bits per heavy atom. The molecule has 0 unspecified atom stereocenters. The van der Waals surface area contributed by atoms with E-state index in [2.05, 4.69) is 0 Å². The maximum absolute atomic E-state index is 12.0. The van der Waals surface area contributed by atoms with Crippen molar-refractivity contribution in [1.29, 1.82) is 0 Å². The lowest BCUT2D eigenvalue weighted by Gasteiger charge is -2.18. The number of nitrogens with zero attached hydrogens (tertiary/aromatic N) is 1. The van der Waals surface area contributed by atoms with E-state index < -0.39 is 0 Å². The summed E-state index contributed by atoms with van der Waals surface area (Å²) in [5, 5.41) is 0. The van der Waals surface area contributed by atoms with Crippen LogP contribution in [0.4, 0.5) is 0 Å². The minimum Gasteiger partial charge on any atom is -0.339 e. The Morgan fingerprint density at radius 1 is 1.11 bits per heavy atom. The van der Waals surface area contributed by atoms with Gasteiger partial charge < -0.3 is 4.90 Å². The van der Waals surface area contributed by atoms with Crippen LogP contribution in [0.3, 0.4) is 0 Å². The number of allylic oxidation sites excluding steroid dienone is 1. The first-order chi connectivity index (χ1) is 8.99. The van der Waals surface area contributed by atoms with Crippen LogP contribution in [-0.4, -0.2) is 29.7 Å². The summed E-state index contributed by atoms with van der Waals surface area (Å²) in [5.41, 5.74) is 2.20. The molecule has 0 saturated heterocycles. The van der Waals surface area contributed by atoms with E-state index in [1.54, 1.807) is 24.0 Å². The number of ketones is 1. The lowest BCUT2D eigenvalue weighted by atomic mass is 10.1. The molecule has 0 aliphatic carbocycles. The number of carbonyl (C=O) groups is 2. The first-order valence-corrected chi connectivity index (χ1v) is 6.58. The Hall–Kier alpha value is -1.90. The first-order valence-electron chi connectivity index (χ1n) is 6.58. The van der Waals surface area contributed by atoms with Crippen LogP contribution in [0.25, 0.3) is 0 Å². The topological polar surface area (TPSA) is 37.4 Å². The SMILES string of the molecule is CCN(CC)C(=O)/C(C)=C/C(=O)c1ccc(C)cc1. The summed E-state index contributed by atoms with van der Waals surface area (Å²) >= 11 is 0. The second-order valence-corrected chi connectivity index (χ2v) is 4.54. The van der Waals surface area contributed by atoms with Crippen molar-refractivity contribution < 1.29 is 9.59 Å². The van der Waals surface area contributed by atoms with Crippen molar-refractivity contribution in [2.75, 3.05) is 13.1 Å². The van der Waals surface area contributed by atoms with Crippen molar-refractivity contribution in [1.82, 2.24) is 4.90 Å². The zero-order valence-electron chi connectivity index (χ0n) is 12.1. The monoisotopic (exact) mass is 259 g/mol. The quantitative estimate of drug-likeness (QED) is 0.602. The Morgan fingerprint density at radius 3 is 2.11 bits per heavy atom. The zero-order chi connectivity index (χ0) is 14.4. The van der Waals surface area contributed by atoms with E-state index in [0.717, 1.165) is 5.56 Å². The third kappa shape index (κ3) is 4.05. The van der Waals surface area contributed by atoms with Gasteiger partial charge in [-0.15, -0.1) is 0 Å². The fourth-order valence-electron chi connectivity index (χ4n) is 1.82. The highest BCUT2D eigenvalue weighted by Gasteiger charge is 2.13. The maximum Gasteiger partial charge on any atom is 0.249 e. The van der Waals surface area contributed by atoms with E-state index in [-0.39, 0.29) is 11.7 Å². The summed E-state index contributed by atoms with van der Waals surface area (Å²) in [6.07, 6.45) is 1.42. The first kappa shape index (κ1) is 15.2. The van der Waals surface area contributed by atoms with Gasteiger partial charge in [0.15, 0.2) is 5.78 Å². The van der Waals surface area contributed by atoms with Crippen LogP contribution in [0.5, 0.6) is 0 Å². The van der Waals surface area contributed by atoms with Gasteiger partial charge >= 0.3 is 0 Å². The third-order valence-corrected chi connectivity index (χ3v) is 3.07. The molecule has 102 valence electrons. The van der Waals surface area contributed by atoms with Crippen LogP contribution in [-0.2, 0) is 4.79 Å². The highest BCUT2D eigenvalue weighted by atomic mass is 16.2. The van der Waals surface area contributed by atoms with E-state index in [1.807, 2.05) is 32.9 Å². The fourth-order valence-corrected chi connectivity index (χ4v) is 1.82.